The van der Waals surface area contributed by atoms with Crippen molar-refractivity contribution in [3.8, 4) is 0 Å². The van der Waals surface area contributed by atoms with Crippen LogP contribution in [0.4, 0.5) is 19.6 Å². The molecule has 2 aromatic carbocycles. The Balaban J connectivity index is 1.89. The van der Waals surface area contributed by atoms with Crippen LogP contribution in [0.5, 0.6) is 0 Å². The molecule has 0 atom stereocenters. The van der Waals surface area contributed by atoms with E-state index in [-0.39, 0.29) is 22.1 Å². The number of nitrogens with zero attached hydrogens (tertiary/aromatic N) is 2. The molecule has 1 heterocycles. The van der Waals surface area contributed by atoms with Gasteiger partial charge in [-0.1, -0.05) is 17.7 Å². The largest absolute Gasteiger partial charge is 0.477 e. The number of nitrogens with one attached hydrogen (secondary N) is 1. The summed E-state index contributed by atoms with van der Waals surface area (Å²) in [6.45, 7) is 3.04. The highest BCUT2D eigenvalue weighted by atomic mass is 32.1. The number of halogens is 2. The molecule has 0 radical (unpaired) electrons. The highest BCUT2D eigenvalue weighted by Crippen LogP contribution is 2.31. The summed E-state index contributed by atoms with van der Waals surface area (Å²) in [5.41, 5.74) is 0.708. The molecule has 0 saturated heterocycles. The molecule has 164 valence electrons. The average molecular weight is 457 g/mol. The van der Waals surface area contributed by atoms with Crippen LogP contribution in [0.1, 0.15) is 28.5 Å². The Morgan fingerprint density at radius 1 is 1.12 bits per heavy atom. The van der Waals surface area contributed by atoms with E-state index in [1.54, 1.807) is 24.3 Å². The lowest BCUT2D eigenvalue weighted by Gasteiger charge is -2.18. The lowest BCUT2D eigenvalue weighted by atomic mass is 10.1. The maximum atomic E-state index is 14.2. The fourth-order valence-corrected chi connectivity index (χ4v) is 3.55. The SMILES string of the molecule is CC(=O)N(c1nc(/C=C(/NC(=O)c2ccc(C)cc2)C(=O)O)cs1)c1ccc(F)cc1F. The van der Waals surface area contributed by atoms with Gasteiger partial charge in [-0.15, -0.1) is 11.3 Å². The predicted molar refractivity (Wildman–Crippen MR) is 116 cm³/mol. The normalized spacial score (nSPS) is 11.2. The van der Waals surface area contributed by atoms with Crippen molar-refractivity contribution in [2.24, 2.45) is 0 Å². The van der Waals surface area contributed by atoms with Crippen molar-refractivity contribution < 1.29 is 28.3 Å². The number of carbonyl (C=O) groups excluding carboxylic acids is 2. The van der Waals surface area contributed by atoms with E-state index in [1.165, 1.54) is 12.3 Å². The number of thiazole rings is 1. The quantitative estimate of drug-likeness (QED) is 0.539. The standard InChI is InChI=1S/C22H17F2N3O4S/c1-12-3-5-14(6-4-12)20(29)26-18(21(30)31)10-16-11-32-22(25-16)27(13(2)28)19-8-7-15(23)9-17(19)24/h3-11H,1-2H3,(H,26,29)(H,30,31)/b18-10+. The van der Waals surface area contributed by atoms with Crippen LogP contribution < -0.4 is 10.2 Å². The van der Waals surface area contributed by atoms with Crippen molar-refractivity contribution in [2.45, 2.75) is 13.8 Å². The number of amides is 2. The van der Waals surface area contributed by atoms with Gasteiger partial charge < -0.3 is 10.4 Å². The Bertz CT molecular complexity index is 1220. The van der Waals surface area contributed by atoms with Crippen molar-refractivity contribution in [1.29, 1.82) is 0 Å². The molecule has 0 spiro atoms. The number of hydrogen-bond acceptors (Lipinski definition) is 5. The number of carboxylic acids is 1. The van der Waals surface area contributed by atoms with Gasteiger partial charge in [0.1, 0.15) is 17.3 Å². The topological polar surface area (TPSA) is 99.6 Å². The fraction of sp³-hybridized carbons (Fsp3) is 0.0909. The van der Waals surface area contributed by atoms with Crippen molar-refractivity contribution in [3.05, 3.63) is 82.0 Å². The van der Waals surface area contributed by atoms with Gasteiger partial charge in [0.2, 0.25) is 5.91 Å². The Morgan fingerprint density at radius 2 is 1.81 bits per heavy atom. The first-order valence-electron chi connectivity index (χ1n) is 9.20. The van der Waals surface area contributed by atoms with Gasteiger partial charge in [0.05, 0.1) is 11.4 Å². The molecule has 32 heavy (non-hydrogen) atoms. The molecule has 0 bridgehead atoms. The van der Waals surface area contributed by atoms with Gasteiger partial charge in [-0.3, -0.25) is 14.5 Å². The predicted octanol–water partition coefficient (Wildman–Crippen LogP) is 4.27. The molecule has 3 rings (SSSR count). The van der Waals surface area contributed by atoms with Crippen molar-refractivity contribution >= 4 is 46.0 Å². The molecular formula is C22H17F2N3O4S. The number of carbonyl (C=O) groups is 3. The van der Waals surface area contributed by atoms with Crippen LogP contribution in [0.2, 0.25) is 0 Å². The lowest BCUT2D eigenvalue weighted by Crippen LogP contribution is -2.27. The van der Waals surface area contributed by atoms with Crippen LogP contribution in [0.3, 0.4) is 0 Å². The first kappa shape index (κ1) is 22.8. The number of carboxylic acid groups (broad SMARTS) is 1. The van der Waals surface area contributed by atoms with E-state index >= 15 is 0 Å². The Kier molecular flexibility index (Phi) is 6.74. The molecule has 7 nitrogen and oxygen atoms in total. The Labute approximate surface area is 185 Å². The zero-order valence-corrected chi connectivity index (χ0v) is 17.7. The molecule has 0 aliphatic heterocycles. The molecule has 0 fully saturated rings. The number of aryl methyl sites for hydroxylation is 1. The number of benzene rings is 2. The number of aliphatic carboxylic acids is 1. The van der Waals surface area contributed by atoms with Gasteiger partial charge in [-0.25, -0.2) is 18.6 Å². The number of aromatic nitrogens is 1. The van der Waals surface area contributed by atoms with Gasteiger partial charge in [0.15, 0.2) is 5.13 Å². The zero-order chi connectivity index (χ0) is 23.4. The third-order valence-corrected chi connectivity index (χ3v) is 5.10. The minimum atomic E-state index is -1.40. The van der Waals surface area contributed by atoms with Crippen LogP contribution in [0.25, 0.3) is 6.08 Å². The second-order valence-electron chi connectivity index (χ2n) is 6.69. The summed E-state index contributed by atoms with van der Waals surface area (Å²) in [5, 5.41) is 13.3. The Morgan fingerprint density at radius 3 is 2.41 bits per heavy atom. The monoisotopic (exact) mass is 457 g/mol. The smallest absolute Gasteiger partial charge is 0.352 e. The maximum absolute atomic E-state index is 14.2. The van der Waals surface area contributed by atoms with E-state index in [2.05, 4.69) is 10.3 Å². The van der Waals surface area contributed by atoms with Crippen molar-refractivity contribution in [3.63, 3.8) is 0 Å². The summed E-state index contributed by atoms with van der Waals surface area (Å²) in [5.74, 6) is -4.34. The molecule has 2 amide bonds. The van der Waals surface area contributed by atoms with Gasteiger partial charge >= 0.3 is 5.97 Å². The minimum absolute atomic E-state index is 0.0452. The molecule has 0 saturated carbocycles. The molecular weight excluding hydrogens is 440 g/mol. The second-order valence-corrected chi connectivity index (χ2v) is 7.52. The van der Waals surface area contributed by atoms with E-state index in [0.717, 1.165) is 40.0 Å². The second kappa shape index (κ2) is 9.48. The highest BCUT2D eigenvalue weighted by molar-refractivity contribution is 7.14. The van der Waals surface area contributed by atoms with E-state index in [1.807, 2.05) is 6.92 Å². The van der Waals surface area contributed by atoms with Crippen molar-refractivity contribution in [1.82, 2.24) is 10.3 Å². The van der Waals surface area contributed by atoms with Crippen LogP contribution in [-0.4, -0.2) is 27.9 Å². The van der Waals surface area contributed by atoms with Crippen LogP contribution >= 0.6 is 11.3 Å². The lowest BCUT2D eigenvalue weighted by molar-refractivity contribution is -0.132. The van der Waals surface area contributed by atoms with E-state index < -0.39 is 35.1 Å². The average Bonchev–Trinajstić information content (AvgIpc) is 3.17. The van der Waals surface area contributed by atoms with Gasteiger partial charge in [-0.05, 0) is 37.3 Å². The third kappa shape index (κ3) is 5.22. The summed E-state index contributed by atoms with van der Waals surface area (Å²) in [6.07, 6.45) is 1.12. The van der Waals surface area contributed by atoms with E-state index in [9.17, 15) is 28.3 Å². The summed E-state index contributed by atoms with van der Waals surface area (Å²) in [4.78, 5) is 41.2. The van der Waals surface area contributed by atoms with Crippen molar-refractivity contribution in [2.75, 3.05) is 4.90 Å². The first-order valence-corrected chi connectivity index (χ1v) is 10.1. The van der Waals surface area contributed by atoms with E-state index in [0.29, 0.717) is 6.07 Å². The first-order chi connectivity index (χ1) is 15.2. The van der Waals surface area contributed by atoms with Crippen LogP contribution in [0, 0.1) is 18.6 Å². The summed E-state index contributed by atoms with van der Waals surface area (Å²) >= 11 is 0.948. The zero-order valence-electron chi connectivity index (χ0n) is 16.9. The van der Waals surface area contributed by atoms with Crippen LogP contribution in [0.15, 0.2) is 53.5 Å². The number of rotatable bonds is 6. The Hall–Kier alpha value is -3.92. The molecule has 1 aromatic heterocycles. The fourth-order valence-electron chi connectivity index (χ4n) is 2.71. The summed E-state index contributed by atoms with van der Waals surface area (Å²) in [7, 11) is 0. The molecule has 2 N–H and O–H groups in total. The summed E-state index contributed by atoms with van der Waals surface area (Å²) < 4.78 is 27.4. The van der Waals surface area contributed by atoms with E-state index in [4.69, 9.17) is 0 Å². The molecule has 0 unspecified atom stereocenters. The van der Waals surface area contributed by atoms with Gasteiger partial charge in [0, 0.05) is 23.9 Å². The minimum Gasteiger partial charge on any atom is -0.477 e. The van der Waals surface area contributed by atoms with Gasteiger partial charge in [0.25, 0.3) is 5.91 Å². The molecule has 10 heteroatoms. The maximum Gasteiger partial charge on any atom is 0.352 e. The van der Waals surface area contributed by atoms with Gasteiger partial charge in [-0.2, -0.15) is 0 Å². The third-order valence-electron chi connectivity index (χ3n) is 4.25. The number of hydrogen-bond donors (Lipinski definition) is 2. The molecule has 0 aliphatic rings. The highest BCUT2D eigenvalue weighted by Gasteiger charge is 2.22. The molecule has 0 aliphatic carbocycles. The van der Waals surface area contributed by atoms with Crippen LogP contribution in [-0.2, 0) is 9.59 Å². The number of anilines is 2. The molecule has 3 aromatic rings. The summed E-state index contributed by atoms with van der Waals surface area (Å²) in [6, 6.07) is 9.32.